The summed E-state index contributed by atoms with van der Waals surface area (Å²) >= 11 is 0. The van der Waals surface area contributed by atoms with E-state index in [4.69, 9.17) is 14.2 Å². The fourth-order valence-corrected chi connectivity index (χ4v) is 4.46. The summed E-state index contributed by atoms with van der Waals surface area (Å²) in [6.07, 6.45) is 1.66. The molecular weight excluding hydrogens is 460 g/mol. The number of carbonyl (C=O) groups excluding carboxylic acids is 2. The maximum Gasteiger partial charge on any atom is 0.295 e. The average Bonchev–Trinajstić information content (AvgIpc) is 3.16. The van der Waals surface area contributed by atoms with E-state index in [9.17, 15) is 14.7 Å². The normalized spacial score (nSPS) is 19.9. The predicted molar refractivity (Wildman–Crippen MR) is 136 cm³/mol. The van der Waals surface area contributed by atoms with Gasteiger partial charge in [-0.3, -0.25) is 14.5 Å². The number of Topliss-reactive ketones (excluding diaryl/α,β-unsaturated/α-hetero) is 1. The quantitative estimate of drug-likeness (QED) is 0.235. The lowest BCUT2D eigenvalue weighted by molar-refractivity contribution is -0.140. The van der Waals surface area contributed by atoms with E-state index >= 15 is 0 Å². The number of hydrogen-bond donors (Lipinski definition) is 1. The monoisotopic (exact) mass is 492 g/mol. The van der Waals surface area contributed by atoms with E-state index in [0.717, 1.165) is 18.7 Å². The van der Waals surface area contributed by atoms with Gasteiger partial charge in [0.2, 0.25) is 0 Å². The number of nitrogens with zero attached hydrogens (tertiary/aromatic N) is 2. The molecule has 0 unspecified atom stereocenters. The summed E-state index contributed by atoms with van der Waals surface area (Å²) in [6, 6.07) is 13.3. The van der Waals surface area contributed by atoms with Crippen LogP contribution in [0.5, 0.6) is 11.5 Å². The zero-order valence-corrected chi connectivity index (χ0v) is 20.5. The highest BCUT2D eigenvalue weighted by Gasteiger charge is 2.46. The van der Waals surface area contributed by atoms with Gasteiger partial charge in [-0.25, -0.2) is 0 Å². The van der Waals surface area contributed by atoms with Crippen molar-refractivity contribution in [3.8, 4) is 11.5 Å². The molecule has 8 heteroatoms. The number of likely N-dealkylation sites (tertiary alicyclic amines) is 1. The molecule has 2 aromatic rings. The number of aliphatic hydroxyl groups is 1. The second-order valence-electron chi connectivity index (χ2n) is 8.57. The van der Waals surface area contributed by atoms with Crippen molar-refractivity contribution >= 4 is 17.4 Å². The molecule has 0 spiro atoms. The van der Waals surface area contributed by atoms with Gasteiger partial charge < -0.3 is 24.2 Å². The molecule has 0 aliphatic carbocycles. The highest BCUT2D eigenvalue weighted by atomic mass is 16.5. The molecular formula is C28H32N2O6. The Bertz CT molecular complexity index is 1100. The molecule has 2 aliphatic heterocycles. The minimum atomic E-state index is -0.717. The SMILES string of the molecule is C=CCOc1ccc([C@@H]2/C(=C(\O)c3ccc(OCC)cc3)C(=O)C(=O)N2CCN2CCOCC2)cc1. The number of ketones is 1. The summed E-state index contributed by atoms with van der Waals surface area (Å²) in [5.74, 6) is -0.211. The molecule has 0 radical (unpaired) electrons. The van der Waals surface area contributed by atoms with Gasteiger partial charge in [-0.2, -0.15) is 0 Å². The van der Waals surface area contributed by atoms with E-state index in [1.54, 1.807) is 47.4 Å². The van der Waals surface area contributed by atoms with Crippen LogP contribution < -0.4 is 9.47 Å². The number of benzene rings is 2. The van der Waals surface area contributed by atoms with Crippen molar-refractivity contribution in [1.82, 2.24) is 9.80 Å². The number of morpholine rings is 1. The molecule has 1 amide bonds. The van der Waals surface area contributed by atoms with Crippen molar-refractivity contribution in [2.45, 2.75) is 13.0 Å². The summed E-state index contributed by atoms with van der Waals surface area (Å²) < 4.78 is 16.5. The van der Waals surface area contributed by atoms with E-state index < -0.39 is 17.7 Å². The Balaban J connectivity index is 1.69. The van der Waals surface area contributed by atoms with E-state index in [1.807, 2.05) is 19.1 Å². The molecule has 36 heavy (non-hydrogen) atoms. The van der Waals surface area contributed by atoms with Gasteiger partial charge in [0, 0.05) is 31.7 Å². The Labute approximate surface area is 211 Å². The van der Waals surface area contributed by atoms with Crippen LogP contribution in [0.1, 0.15) is 24.1 Å². The zero-order valence-electron chi connectivity index (χ0n) is 20.5. The molecule has 2 aromatic carbocycles. The van der Waals surface area contributed by atoms with E-state index in [-0.39, 0.29) is 11.3 Å². The maximum absolute atomic E-state index is 13.2. The van der Waals surface area contributed by atoms with Crippen LogP contribution in [0.25, 0.3) is 5.76 Å². The highest BCUT2D eigenvalue weighted by molar-refractivity contribution is 6.46. The van der Waals surface area contributed by atoms with Crippen LogP contribution in [0.3, 0.4) is 0 Å². The van der Waals surface area contributed by atoms with Crippen molar-refractivity contribution in [2.24, 2.45) is 0 Å². The Kier molecular flexibility index (Phi) is 8.40. The number of rotatable bonds is 10. The minimum Gasteiger partial charge on any atom is -0.507 e. The Morgan fingerprint density at radius 1 is 1.03 bits per heavy atom. The van der Waals surface area contributed by atoms with Gasteiger partial charge in [0.25, 0.3) is 11.7 Å². The highest BCUT2D eigenvalue weighted by Crippen LogP contribution is 2.40. The molecule has 8 nitrogen and oxygen atoms in total. The predicted octanol–water partition coefficient (Wildman–Crippen LogP) is 3.40. The second-order valence-corrected chi connectivity index (χ2v) is 8.57. The summed E-state index contributed by atoms with van der Waals surface area (Å²) in [6.45, 7) is 10.2. The lowest BCUT2D eigenvalue weighted by Gasteiger charge is -2.31. The standard InChI is InChI=1S/C28H32N2O6/c1-3-17-36-23-9-5-20(6-10-23)25-24(26(31)21-7-11-22(12-8-21)35-4-2)27(32)28(33)30(25)14-13-29-15-18-34-19-16-29/h3,5-12,25,31H,1,4,13-19H2,2H3/b26-24+/t25-/m1/s1. The van der Waals surface area contributed by atoms with Crippen molar-refractivity contribution < 1.29 is 28.9 Å². The first-order valence-corrected chi connectivity index (χ1v) is 12.2. The zero-order chi connectivity index (χ0) is 25.5. The van der Waals surface area contributed by atoms with Crippen LogP contribution >= 0.6 is 0 Å². The maximum atomic E-state index is 13.2. The van der Waals surface area contributed by atoms with Crippen LogP contribution in [0.15, 0.2) is 66.8 Å². The van der Waals surface area contributed by atoms with Crippen LogP contribution in [0.2, 0.25) is 0 Å². The molecule has 0 aromatic heterocycles. The largest absolute Gasteiger partial charge is 0.507 e. The Morgan fingerprint density at radius 3 is 2.31 bits per heavy atom. The number of amides is 1. The summed E-state index contributed by atoms with van der Waals surface area (Å²) in [4.78, 5) is 30.2. The molecule has 2 saturated heterocycles. The average molecular weight is 493 g/mol. The van der Waals surface area contributed by atoms with Crippen molar-refractivity contribution in [1.29, 1.82) is 0 Å². The van der Waals surface area contributed by atoms with Crippen LogP contribution in [-0.4, -0.2) is 79.2 Å². The van der Waals surface area contributed by atoms with Crippen molar-refractivity contribution in [2.75, 3.05) is 52.6 Å². The summed E-state index contributed by atoms with van der Waals surface area (Å²) in [5, 5.41) is 11.2. The Morgan fingerprint density at radius 2 is 1.67 bits per heavy atom. The Hall–Kier alpha value is -3.62. The molecule has 2 fully saturated rings. The lowest BCUT2D eigenvalue weighted by atomic mass is 9.95. The first-order chi connectivity index (χ1) is 17.5. The summed E-state index contributed by atoms with van der Waals surface area (Å²) in [5.41, 5.74) is 1.24. The first kappa shape index (κ1) is 25.5. The van der Waals surface area contributed by atoms with E-state index in [2.05, 4.69) is 11.5 Å². The van der Waals surface area contributed by atoms with Crippen LogP contribution in [0.4, 0.5) is 0 Å². The van der Waals surface area contributed by atoms with Crippen molar-refractivity contribution in [3.05, 3.63) is 77.9 Å². The van der Waals surface area contributed by atoms with E-state index in [1.165, 1.54) is 0 Å². The van der Waals surface area contributed by atoms with Gasteiger partial charge in [-0.1, -0.05) is 24.8 Å². The third-order valence-electron chi connectivity index (χ3n) is 6.30. The van der Waals surface area contributed by atoms with Gasteiger partial charge in [-0.05, 0) is 48.9 Å². The molecule has 4 rings (SSSR count). The molecule has 190 valence electrons. The topological polar surface area (TPSA) is 88.5 Å². The first-order valence-electron chi connectivity index (χ1n) is 12.2. The van der Waals surface area contributed by atoms with Gasteiger partial charge in [0.15, 0.2) is 0 Å². The smallest absolute Gasteiger partial charge is 0.295 e. The third kappa shape index (κ3) is 5.61. The van der Waals surface area contributed by atoms with E-state index in [0.29, 0.717) is 56.6 Å². The molecule has 2 heterocycles. The fraction of sp³-hybridized carbons (Fsp3) is 0.357. The number of ether oxygens (including phenoxy) is 3. The number of carbonyl (C=O) groups is 2. The van der Waals surface area contributed by atoms with Crippen molar-refractivity contribution in [3.63, 3.8) is 0 Å². The van der Waals surface area contributed by atoms with Gasteiger partial charge in [0.05, 0.1) is 31.4 Å². The molecule has 1 N–H and O–H groups in total. The number of hydrogen-bond acceptors (Lipinski definition) is 7. The molecule has 2 aliphatic rings. The lowest BCUT2D eigenvalue weighted by Crippen LogP contribution is -2.42. The minimum absolute atomic E-state index is 0.0749. The van der Waals surface area contributed by atoms with Crippen LogP contribution in [-0.2, 0) is 14.3 Å². The molecule has 0 bridgehead atoms. The van der Waals surface area contributed by atoms with Gasteiger partial charge in [0.1, 0.15) is 23.9 Å². The van der Waals surface area contributed by atoms with Gasteiger partial charge >= 0.3 is 0 Å². The summed E-state index contributed by atoms with van der Waals surface area (Å²) in [7, 11) is 0. The van der Waals surface area contributed by atoms with Gasteiger partial charge in [-0.15, -0.1) is 0 Å². The fourth-order valence-electron chi connectivity index (χ4n) is 4.46. The second kappa shape index (κ2) is 11.9. The third-order valence-corrected chi connectivity index (χ3v) is 6.30. The molecule has 0 saturated carbocycles. The van der Waals surface area contributed by atoms with Crippen LogP contribution in [0, 0.1) is 0 Å². The molecule has 1 atom stereocenters. The number of aliphatic hydroxyl groups excluding tert-OH is 1.